The van der Waals surface area contributed by atoms with Crippen LogP contribution in [0.3, 0.4) is 0 Å². The Morgan fingerprint density at radius 3 is 2.20 bits per heavy atom. The predicted octanol–water partition coefficient (Wildman–Crippen LogP) is 1.37. The van der Waals surface area contributed by atoms with Crippen molar-refractivity contribution in [3.05, 3.63) is 0 Å². The second-order valence-corrected chi connectivity index (χ2v) is 1.35. The molecule has 0 aromatic heterocycles. The van der Waals surface area contributed by atoms with Gasteiger partial charge in [-0.25, -0.2) is 0 Å². The average Bonchev–Trinajstić information content (AvgIpc) is 1.41. The van der Waals surface area contributed by atoms with E-state index in [1.165, 1.54) is 17.9 Å². The van der Waals surface area contributed by atoms with Gasteiger partial charge in [-0.05, 0) is 0 Å². The van der Waals surface area contributed by atoms with Crippen molar-refractivity contribution in [2.75, 3.05) is 0 Å². The zero-order valence-corrected chi connectivity index (χ0v) is 4.12. The Morgan fingerprint density at radius 1 is 1.60 bits per heavy atom. The van der Waals surface area contributed by atoms with Gasteiger partial charge in [0.05, 0.1) is 0 Å². The molecule has 0 unspecified atom stereocenters. The number of hydrogen-bond donors (Lipinski definition) is 0. The Morgan fingerprint density at radius 2 is 2.20 bits per heavy atom. The molecule has 26 valence electrons. The van der Waals surface area contributed by atoms with Crippen LogP contribution in [0.15, 0.2) is 0 Å². The molecule has 1 heteroatoms. The molecule has 0 N–H and O–H groups in total. The summed E-state index contributed by atoms with van der Waals surface area (Å²) in [6, 6.07) is 0. The number of unbranched alkanes of at least 4 members (excludes halogenated alkanes) is 1. The molecule has 0 radical (unpaired) electrons. The molecule has 0 saturated heterocycles. The van der Waals surface area contributed by atoms with E-state index in [-0.39, 0.29) is 0 Å². The molecule has 0 atom stereocenters. The van der Waals surface area contributed by atoms with Gasteiger partial charge in [-0.15, -0.1) is 0 Å². The molecule has 0 heterocycles. The summed E-state index contributed by atoms with van der Waals surface area (Å²) in [7, 11) is 0. The zero-order valence-electron chi connectivity index (χ0n) is 4.12. The van der Waals surface area contributed by atoms with Gasteiger partial charge in [0.1, 0.15) is 0 Å². The first-order chi connectivity index (χ1) is 2.41. The fourth-order valence-electron chi connectivity index (χ4n) is 0.354. The van der Waals surface area contributed by atoms with Gasteiger partial charge in [0.15, 0.2) is 0 Å². The predicted molar refractivity (Wildman–Crippen MR) is 25.5 cm³/mol. The maximum atomic E-state index is 2.21. The van der Waals surface area contributed by atoms with E-state index >= 15 is 0 Å². The van der Waals surface area contributed by atoms with Crippen molar-refractivity contribution < 1.29 is 0 Å². The normalized spacial score (nSPS) is 8.60. The third kappa shape index (κ3) is 4.60. The third-order valence-electron chi connectivity index (χ3n) is 0.707. The quantitative estimate of drug-likeness (QED) is 0.428. The summed E-state index contributed by atoms with van der Waals surface area (Å²) in [6.07, 6.45) is 2.73. The molecule has 0 aliphatic rings. The van der Waals surface area contributed by atoms with E-state index in [0.29, 0.717) is 0 Å². The van der Waals surface area contributed by atoms with E-state index in [9.17, 15) is 0 Å². The topological polar surface area (TPSA) is 0 Å². The Bertz CT molecular complexity index is 11.1. The fraction of sp³-hybridized carbons (Fsp3) is 1.00. The monoisotopic (exact) mass is 67.1 g/mol. The van der Waals surface area contributed by atoms with Crippen LogP contribution in [0.4, 0.5) is 0 Å². The van der Waals surface area contributed by atoms with E-state index < -0.39 is 0 Å². The molecule has 0 nitrogen and oxygen atoms in total. The molecule has 0 saturated carbocycles. The summed E-state index contributed by atoms with van der Waals surface area (Å²) < 4.78 is 0. The van der Waals surface area contributed by atoms with Crippen LogP contribution in [0.1, 0.15) is 19.8 Å². The molecular weight excluding hydrogens is 58.1 g/mol. The van der Waals surface area contributed by atoms with Crippen molar-refractivity contribution in [1.29, 1.82) is 0 Å². The van der Waals surface area contributed by atoms with Crippen molar-refractivity contribution >= 4 is 17.7 Å². The van der Waals surface area contributed by atoms with Crippen molar-refractivity contribution in [2.24, 2.45) is 0 Å². The first-order valence-electron chi connectivity index (χ1n) is 2.41. The molecule has 0 aromatic carbocycles. The van der Waals surface area contributed by atoms with E-state index in [1.807, 2.05) is 0 Å². The van der Waals surface area contributed by atoms with Crippen molar-refractivity contribution in [2.45, 2.75) is 24.9 Å². The van der Waals surface area contributed by atoms with Crippen molar-refractivity contribution in [3.63, 3.8) is 0 Å². The van der Waals surface area contributed by atoms with Gasteiger partial charge in [-0.1, -0.05) is 0 Å². The molecule has 0 bridgehead atoms. The van der Waals surface area contributed by atoms with Gasteiger partial charge in [-0.3, -0.25) is 0 Å². The van der Waals surface area contributed by atoms with Gasteiger partial charge in [0.25, 0.3) is 0 Å². The minimum absolute atomic E-state index is 1.34. The molecule has 0 spiro atoms. The first kappa shape index (κ1) is 5.60. The van der Waals surface area contributed by atoms with E-state index in [4.69, 9.17) is 0 Å². The standard InChI is InChI=1S/C4H9.Li/c1-3-4-2;/h1,3-4H2,2H3;/i;1+3. The van der Waals surface area contributed by atoms with Gasteiger partial charge in [-0.2, -0.15) is 0 Å². The van der Waals surface area contributed by atoms with Crippen LogP contribution in [-0.4, -0.2) is 17.7 Å². The number of rotatable bonds is 2. The Hall–Kier alpha value is 0.597. The SMILES string of the molecule is [10Li][CH2]CCC. The molecule has 0 amide bonds. The Kier molecular flexibility index (Phi) is 5.15. The summed E-state index contributed by atoms with van der Waals surface area (Å²) >= 11 is 2.21. The first-order valence-corrected chi connectivity index (χ1v) is 2.41. The Balaban J connectivity index is 2.19. The summed E-state index contributed by atoms with van der Waals surface area (Å²) in [5, 5.41) is 1.34. The summed E-state index contributed by atoms with van der Waals surface area (Å²) in [4.78, 5) is 0. The summed E-state index contributed by atoms with van der Waals surface area (Å²) in [5.41, 5.74) is 0. The fourth-order valence-corrected chi connectivity index (χ4v) is 0.354. The molecule has 0 fully saturated rings. The molecular formula is C4H9Li. The van der Waals surface area contributed by atoms with Crippen LogP contribution >= 0.6 is 0 Å². The van der Waals surface area contributed by atoms with Gasteiger partial charge < -0.3 is 0 Å². The minimum atomic E-state index is 1.34. The van der Waals surface area contributed by atoms with Crippen LogP contribution in [0, 0.1) is 0 Å². The van der Waals surface area contributed by atoms with Crippen LogP contribution in [-0.2, 0) is 0 Å². The van der Waals surface area contributed by atoms with Gasteiger partial charge in [0.2, 0.25) is 0 Å². The van der Waals surface area contributed by atoms with Crippen LogP contribution in [0.5, 0.6) is 0 Å². The van der Waals surface area contributed by atoms with Crippen LogP contribution < -0.4 is 0 Å². The van der Waals surface area contributed by atoms with Gasteiger partial charge >= 0.3 is 42.6 Å². The third-order valence-corrected chi connectivity index (χ3v) is 0.707. The second kappa shape index (κ2) is 4.60. The Labute approximate surface area is 43.2 Å². The summed E-state index contributed by atoms with van der Waals surface area (Å²) in [5.74, 6) is 0. The van der Waals surface area contributed by atoms with Crippen molar-refractivity contribution in [3.8, 4) is 0 Å². The van der Waals surface area contributed by atoms with E-state index in [2.05, 4.69) is 24.6 Å². The van der Waals surface area contributed by atoms with E-state index in [0.717, 1.165) is 0 Å². The number of hydrogen-bond acceptors (Lipinski definition) is 0. The molecule has 5 heavy (non-hydrogen) atoms. The van der Waals surface area contributed by atoms with E-state index in [1.54, 1.807) is 0 Å². The van der Waals surface area contributed by atoms with Crippen molar-refractivity contribution in [1.82, 2.24) is 0 Å². The molecule has 0 aliphatic heterocycles. The molecule has 0 aliphatic carbocycles. The molecule has 0 aromatic rings. The van der Waals surface area contributed by atoms with Gasteiger partial charge in [0, 0.05) is 0 Å². The maximum absolute atomic E-state index is 2.21. The molecule has 0 rings (SSSR count). The second-order valence-electron chi connectivity index (χ2n) is 1.35. The average molecular weight is 67.2 g/mol. The summed E-state index contributed by atoms with van der Waals surface area (Å²) in [6.45, 7) is 2.21. The zero-order chi connectivity index (χ0) is 4.12. The van der Waals surface area contributed by atoms with Crippen LogP contribution in [0.25, 0.3) is 0 Å². The van der Waals surface area contributed by atoms with Crippen LogP contribution in [0.2, 0.25) is 5.09 Å².